The predicted octanol–water partition coefficient (Wildman–Crippen LogP) is 1.68. The minimum atomic E-state index is -0.186. The van der Waals surface area contributed by atoms with E-state index in [1.54, 1.807) is 0 Å². The highest BCUT2D eigenvalue weighted by molar-refractivity contribution is 5.75. The summed E-state index contributed by atoms with van der Waals surface area (Å²) in [6.45, 7) is 6.53. The minimum absolute atomic E-state index is 0.0132. The van der Waals surface area contributed by atoms with Crippen molar-refractivity contribution in [3.8, 4) is 0 Å². The molecule has 0 saturated carbocycles. The van der Waals surface area contributed by atoms with Crippen LogP contribution in [-0.2, 0) is 4.79 Å². The first-order valence-corrected chi connectivity index (χ1v) is 6.24. The Morgan fingerprint density at radius 3 is 2.44 bits per heavy atom. The minimum Gasteiger partial charge on any atom is -0.393 e. The molecule has 0 heterocycles. The molecule has 1 amide bonds. The molecule has 96 valence electrons. The first-order valence-electron chi connectivity index (χ1n) is 6.24. The Labute approximate surface area is 98.8 Å². The molecule has 1 unspecified atom stereocenters. The molecule has 0 rings (SSSR count). The number of carbonyl (C=O) groups excluding carboxylic acids is 1. The molecule has 0 aromatic rings. The van der Waals surface area contributed by atoms with Crippen molar-refractivity contribution in [1.29, 1.82) is 0 Å². The molecule has 0 radical (unpaired) electrons. The molecule has 3 N–H and O–H groups in total. The lowest BCUT2D eigenvalue weighted by Gasteiger charge is -2.19. The number of nitrogens with two attached hydrogens (primary N) is 1. The van der Waals surface area contributed by atoms with Gasteiger partial charge in [-0.1, -0.05) is 20.8 Å². The molecule has 4 nitrogen and oxygen atoms in total. The molecular formula is C12H26N2O2. The van der Waals surface area contributed by atoms with Crippen molar-refractivity contribution >= 4 is 5.91 Å². The number of amides is 1. The SMILES string of the molecule is CCC(=O)N(N)CC[C@H](C)CCC(O)CC. The largest absolute Gasteiger partial charge is 0.393 e. The fraction of sp³-hybridized carbons (Fsp3) is 0.917. The Hall–Kier alpha value is -0.610. The summed E-state index contributed by atoms with van der Waals surface area (Å²) in [5.41, 5.74) is 0. The molecule has 0 saturated heterocycles. The van der Waals surface area contributed by atoms with Gasteiger partial charge in [0.05, 0.1) is 6.10 Å². The van der Waals surface area contributed by atoms with E-state index in [0.717, 1.165) is 25.7 Å². The number of hydrazine groups is 1. The van der Waals surface area contributed by atoms with Crippen LogP contribution in [0, 0.1) is 5.92 Å². The van der Waals surface area contributed by atoms with Crippen LogP contribution in [0.3, 0.4) is 0 Å². The van der Waals surface area contributed by atoms with Crippen molar-refractivity contribution in [1.82, 2.24) is 5.01 Å². The van der Waals surface area contributed by atoms with E-state index in [1.165, 1.54) is 5.01 Å². The van der Waals surface area contributed by atoms with Crippen LogP contribution in [0.1, 0.15) is 52.9 Å². The summed E-state index contributed by atoms with van der Waals surface area (Å²) >= 11 is 0. The van der Waals surface area contributed by atoms with Crippen molar-refractivity contribution in [2.24, 2.45) is 11.8 Å². The lowest BCUT2D eigenvalue weighted by molar-refractivity contribution is -0.131. The molecule has 4 heteroatoms. The van der Waals surface area contributed by atoms with Gasteiger partial charge >= 0.3 is 0 Å². The fourth-order valence-electron chi connectivity index (χ4n) is 1.51. The van der Waals surface area contributed by atoms with Gasteiger partial charge in [-0.15, -0.1) is 0 Å². The van der Waals surface area contributed by atoms with E-state index in [4.69, 9.17) is 5.84 Å². The van der Waals surface area contributed by atoms with Gasteiger partial charge in [-0.2, -0.15) is 0 Å². The molecule has 0 aliphatic heterocycles. The standard InChI is InChI=1S/C12H26N2O2/c1-4-11(15)7-6-10(3)8-9-14(13)12(16)5-2/h10-11,15H,4-9,13H2,1-3H3/t10-,11?/m1/s1. The van der Waals surface area contributed by atoms with Gasteiger partial charge in [-0.3, -0.25) is 9.80 Å². The van der Waals surface area contributed by atoms with E-state index in [-0.39, 0.29) is 12.0 Å². The molecule has 0 bridgehead atoms. The number of hydrogen-bond donors (Lipinski definition) is 2. The van der Waals surface area contributed by atoms with E-state index < -0.39 is 0 Å². The highest BCUT2D eigenvalue weighted by atomic mass is 16.3. The van der Waals surface area contributed by atoms with Crippen LogP contribution in [0.25, 0.3) is 0 Å². The van der Waals surface area contributed by atoms with Gasteiger partial charge in [0.1, 0.15) is 0 Å². The van der Waals surface area contributed by atoms with Crippen LogP contribution in [0.15, 0.2) is 0 Å². The Balaban J connectivity index is 3.64. The summed E-state index contributed by atoms with van der Waals surface area (Å²) in [4.78, 5) is 11.2. The summed E-state index contributed by atoms with van der Waals surface area (Å²) in [7, 11) is 0. The Morgan fingerprint density at radius 1 is 1.31 bits per heavy atom. The van der Waals surface area contributed by atoms with Crippen LogP contribution >= 0.6 is 0 Å². The third-order valence-electron chi connectivity index (χ3n) is 2.95. The molecule has 0 aromatic carbocycles. The van der Waals surface area contributed by atoms with Crippen LogP contribution in [0.2, 0.25) is 0 Å². The summed E-state index contributed by atoms with van der Waals surface area (Å²) in [5, 5.41) is 10.7. The summed E-state index contributed by atoms with van der Waals surface area (Å²) in [6, 6.07) is 0. The highest BCUT2D eigenvalue weighted by Gasteiger charge is 2.10. The van der Waals surface area contributed by atoms with Crippen molar-refractivity contribution in [2.75, 3.05) is 6.54 Å². The van der Waals surface area contributed by atoms with Crippen molar-refractivity contribution in [3.63, 3.8) is 0 Å². The van der Waals surface area contributed by atoms with Crippen molar-refractivity contribution in [2.45, 2.75) is 59.0 Å². The summed E-state index contributed by atoms with van der Waals surface area (Å²) in [5.74, 6) is 6.08. The lowest BCUT2D eigenvalue weighted by atomic mass is 9.98. The maximum Gasteiger partial charge on any atom is 0.236 e. The van der Waals surface area contributed by atoms with Crippen LogP contribution in [0.4, 0.5) is 0 Å². The lowest BCUT2D eigenvalue weighted by Crippen LogP contribution is -2.38. The van der Waals surface area contributed by atoms with E-state index in [2.05, 4.69) is 6.92 Å². The van der Waals surface area contributed by atoms with E-state index in [9.17, 15) is 9.90 Å². The zero-order chi connectivity index (χ0) is 12.6. The normalized spacial score (nSPS) is 14.6. The Morgan fingerprint density at radius 2 is 1.94 bits per heavy atom. The summed E-state index contributed by atoms with van der Waals surface area (Å²) in [6.07, 6.45) is 3.81. The first kappa shape index (κ1) is 15.4. The third kappa shape index (κ3) is 6.80. The number of nitrogens with zero attached hydrogens (tertiary/aromatic N) is 1. The maximum atomic E-state index is 11.2. The Kier molecular flexibility index (Phi) is 8.21. The average Bonchev–Trinajstić information content (AvgIpc) is 2.31. The van der Waals surface area contributed by atoms with Gasteiger partial charge in [0.15, 0.2) is 0 Å². The second kappa shape index (κ2) is 8.53. The molecule has 0 spiro atoms. The molecule has 2 atom stereocenters. The topological polar surface area (TPSA) is 66.6 Å². The van der Waals surface area contributed by atoms with Crippen LogP contribution < -0.4 is 5.84 Å². The molecule has 0 fully saturated rings. The van der Waals surface area contributed by atoms with Crippen molar-refractivity contribution < 1.29 is 9.90 Å². The number of hydrogen-bond acceptors (Lipinski definition) is 3. The monoisotopic (exact) mass is 230 g/mol. The number of carbonyl (C=O) groups is 1. The second-order valence-electron chi connectivity index (χ2n) is 4.47. The zero-order valence-corrected chi connectivity index (χ0v) is 10.8. The molecule has 0 aliphatic carbocycles. The van der Waals surface area contributed by atoms with Gasteiger partial charge in [-0.25, -0.2) is 5.84 Å². The Bertz CT molecular complexity index is 197. The number of aliphatic hydroxyl groups is 1. The molecular weight excluding hydrogens is 204 g/mol. The third-order valence-corrected chi connectivity index (χ3v) is 2.95. The van der Waals surface area contributed by atoms with E-state index in [1.807, 2.05) is 13.8 Å². The van der Waals surface area contributed by atoms with Gasteiger partial charge in [-0.05, 0) is 31.6 Å². The van der Waals surface area contributed by atoms with Crippen molar-refractivity contribution in [3.05, 3.63) is 0 Å². The van der Waals surface area contributed by atoms with Gasteiger partial charge in [0.25, 0.3) is 0 Å². The van der Waals surface area contributed by atoms with Gasteiger partial charge in [0.2, 0.25) is 5.91 Å². The smallest absolute Gasteiger partial charge is 0.236 e. The first-order chi connectivity index (χ1) is 7.51. The molecule has 0 aromatic heterocycles. The maximum absolute atomic E-state index is 11.2. The second-order valence-corrected chi connectivity index (χ2v) is 4.47. The van der Waals surface area contributed by atoms with E-state index >= 15 is 0 Å². The van der Waals surface area contributed by atoms with Gasteiger partial charge in [0, 0.05) is 13.0 Å². The zero-order valence-electron chi connectivity index (χ0n) is 10.8. The summed E-state index contributed by atoms with van der Waals surface area (Å²) < 4.78 is 0. The van der Waals surface area contributed by atoms with Gasteiger partial charge < -0.3 is 5.11 Å². The molecule has 16 heavy (non-hydrogen) atoms. The van der Waals surface area contributed by atoms with E-state index in [0.29, 0.717) is 18.9 Å². The number of rotatable bonds is 8. The van der Waals surface area contributed by atoms with Crippen LogP contribution in [-0.4, -0.2) is 28.7 Å². The highest BCUT2D eigenvalue weighted by Crippen LogP contribution is 2.13. The predicted molar refractivity (Wildman–Crippen MR) is 65.5 cm³/mol. The molecule has 0 aliphatic rings. The average molecular weight is 230 g/mol. The fourth-order valence-corrected chi connectivity index (χ4v) is 1.51. The number of aliphatic hydroxyl groups excluding tert-OH is 1. The van der Waals surface area contributed by atoms with Crippen LogP contribution in [0.5, 0.6) is 0 Å². The quantitative estimate of drug-likeness (QED) is 0.379.